The van der Waals surface area contributed by atoms with Crippen molar-refractivity contribution in [3.8, 4) is 6.07 Å². The SMILES string of the molecule is N#CC1=C(F)C(F)=C(F)C1(F)F. The van der Waals surface area contributed by atoms with Gasteiger partial charge in [0.15, 0.2) is 11.7 Å². The standard InChI is InChI=1S/C6F5N/c7-3-2(1-12)6(10,11)5(9)4(3)8. The number of hydrogen-bond acceptors (Lipinski definition) is 1. The van der Waals surface area contributed by atoms with Crippen LogP contribution >= 0.6 is 0 Å². The van der Waals surface area contributed by atoms with Gasteiger partial charge in [0.05, 0.1) is 0 Å². The molecular weight excluding hydrogens is 181 g/mol. The number of alkyl halides is 2. The Morgan fingerprint density at radius 3 is 1.75 bits per heavy atom. The molecule has 1 aliphatic rings. The minimum Gasteiger partial charge on any atom is -0.202 e. The van der Waals surface area contributed by atoms with E-state index >= 15 is 0 Å². The molecule has 0 aromatic rings. The molecule has 1 aliphatic carbocycles. The predicted octanol–water partition coefficient (Wildman–Crippen LogP) is 2.53. The highest BCUT2D eigenvalue weighted by Gasteiger charge is 2.51. The summed E-state index contributed by atoms with van der Waals surface area (Å²) in [7, 11) is 0. The van der Waals surface area contributed by atoms with Crippen molar-refractivity contribution in [2.24, 2.45) is 0 Å². The zero-order chi connectivity index (χ0) is 9.52. The molecule has 0 aliphatic heterocycles. The van der Waals surface area contributed by atoms with E-state index in [1.54, 1.807) is 0 Å². The first-order chi connectivity index (χ1) is 5.42. The van der Waals surface area contributed by atoms with Crippen LogP contribution in [0, 0.1) is 11.3 Å². The molecule has 64 valence electrons. The molecule has 0 fully saturated rings. The van der Waals surface area contributed by atoms with E-state index in [1.807, 2.05) is 0 Å². The maximum atomic E-state index is 12.3. The minimum atomic E-state index is -4.46. The van der Waals surface area contributed by atoms with Crippen molar-refractivity contribution >= 4 is 0 Å². The van der Waals surface area contributed by atoms with Crippen LogP contribution in [0.1, 0.15) is 0 Å². The molecule has 0 saturated heterocycles. The van der Waals surface area contributed by atoms with Gasteiger partial charge < -0.3 is 0 Å². The van der Waals surface area contributed by atoms with E-state index in [9.17, 15) is 22.0 Å². The first-order valence-corrected chi connectivity index (χ1v) is 2.67. The first-order valence-electron chi connectivity index (χ1n) is 2.67. The van der Waals surface area contributed by atoms with Gasteiger partial charge in [-0.2, -0.15) is 14.0 Å². The van der Waals surface area contributed by atoms with Crippen LogP contribution in [0.15, 0.2) is 23.1 Å². The molecule has 0 saturated carbocycles. The van der Waals surface area contributed by atoms with Crippen molar-refractivity contribution in [1.29, 1.82) is 5.26 Å². The largest absolute Gasteiger partial charge is 0.339 e. The van der Waals surface area contributed by atoms with Crippen LogP contribution in [0.25, 0.3) is 0 Å². The summed E-state index contributed by atoms with van der Waals surface area (Å²) in [6.45, 7) is 0. The summed E-state index contributed by atoms with van der Waals surface area (Å²) in [5, 5.41) is 7.92. The lowest BCUT2D eigenvalue weighted by Crippen LogP contribution is -2.16. The van der Waals surface area contributed by atoms with Crippen LogP contribution in [0.2, 0.25) is 0 Å². The van der Waals surface area contributed by atoms with Crippen LogP contribution in [-0.2, 0) is 0 Å². The van der Waals surface area contributed by atoms with E-state index in [4.69, 9.17) is 5.26 Å². The van der Waals surface area contributed by atoms with Crippen LogP contribution in [0.5, 0.6) is 0 Å². The molecule has 0 aromatic carbocycles. The fourth-order valence-electron chi connectivity index (χ4n) is 0.711. The molecule has 1 nitrogen and oxygen atoms in total. The average molecular weight is 181 g/mol. The lowest BCUT2D eigenvalue weighted by molar-refractivity contribution is 0.0635. The monoisotopic (exact) mass is 181 g/mol. The third-order valence-corrected chi connectivity index (χ3v) is 1.31. The first kappa shape index (κ1) is 8.71. The lowest BCUT2D eigenvalue weighted by atomic mass is 10.2. The molecule has 0 amide bonds. The number of rotatable bonds is 0. The number of nitrogens with zero attached hydrogens (tertiary/aromatic N) is 1. The fraction of sp³-hybridized carbons (Fsp3) is 0.167. The van der Waals surface area contributed by atoms with Crippen molar-refractivity contribution in [1.82, 2.24) is 0 Å². The van der Waals surface area contributed by atoms with Crippen molar-refractivity contribution in [3.63, 3.8) is 0 Å². The Hall–Kier alpha value is -1.38. The molecule has 0 bridgehead atoms. The smallest absolute Gasteiger partial charge is 0.202 e. The summed E-state index contributed by atoms with van der Waals surface area (Å²) in [5.41, 5.74) is -1.82. The molecule has 1 rings (SSSR count). The third-order valence-electron chi connectivity index (χ3n) is 1.31. The second-order valence-electron chi connectivity index (χ2n) is 2.00. The zero-order valence-electron chi connectivity index (χ0n) is 5.34. The van der Waals surface area contributed by atoms with E-state index in [0.29, 0.717) is 6.07 Å². The Labute approximate surface area is 63.4 Å². The topological polar surface area (TPSA) is 23.8 Å². The molecule has 0 unspecified atom stereocenters. The molecule has 0 N–H and O–H groups in total. The van der Waals surface area contributed by atoms with Gasteiger partial charge in [-0.1, -0.05) is 0 Å². The van der Waals surface area contributed by atoms with Crippen molar-refractivity contribution in [2.45, 2.75) is 5.92 Å². The summed E-state index contributed by atoms with van der Waals surface area (Å²) in [4.78, 5) is 0. The Morgan fingerprint density at radius 2 is 1.58 bits per heavy atom. The van der Waals surface area contributed by atoms with Crippen LogP contribution in [0.3, 0.4) is 0 Å². The zero-order valence-corrected chi connectivity index (χ0v) is 5.34. The van der Waals surface area contributed by atoms with E-state index in [-0.39, 0.29) is 0 Å². The highest BCUT2D eigenvalue weighted by molar-refractivity contribution is 5.51. The normalized spacial score (nSPS) is 21.7. The predicted molar refractivity (Wildman–Crippen MR) is 27.9 cm³/mol. The molecule has 12 heavy (non-hydrogen) atoms. The lowest BCUT2D eigenvalue weighted by Gasteiger charge is -2.05. The Kier molecular flexibility index (Phi) is 1.67. The van der Waals surface area contributed by atoms with Crippen molar-refractivity contribution < 1.29 is 22.0 Å². The Bertz CT molecular complexity index is 332. The molecule has 0 atom stereocenters. The van der Waals surface area contributed by atoms with Gasteiger partial charge in [-0.05, 0) is 0 Å². The molecule has 0 spiro atoms. The third kappa shape index (κ3) is 0.826. The summed E-state index contributed by atoms with van der Waals surface area (Å²) >= 11 is 0. The van der Waals surface area contributed by atoms with Crippen molar-refractivity contribution in [2.75, 3.05) is 0 Å². The van der Waals surface area contributed by atoms with Gasteiger partial charge in [-0.25, -0.2) is 13.2 Å². The summed E-state index contributed by atoms with van der Waals surface area (Å²) in [6, 6.07) is 0.698. The maximum Gasteiger partial charge on any atom is 0.339 e. The highest BCUT2D eigenvalue weighted by Crippen LogP contribution is 2.45. The number of nitriles is 1. The van der Waals surface area contributed by atoms with Gasteiger partial charge in [0.25, 0.3) is 0 Å². The van der Waals surface area contributed by atoms with E-state index in [0.717, 1.165) is 0 Å². The molecular formula is C6F5N. The second-order valence-corrected chi connectivity index (χ2v) is 2.00. The van der Waals surface area contributed by atoms with Crippen LogP contribution in [0.4, 0.5) is 22.0 Å². The van der Waals surface area contributed by atoms with Gasteiger partial charge in [0, 0.05) is 0 Å². The van der Waals surface area contributed by atoms with Crippen LogP contribution in [-0.4, -0.2) is 5.92 Å². The minimum absolute atomic E-state index is 0.698. The van der Waals surface area contributed by atoms with E-state index < -0.39 is 29.0 Å². The number of halogens is 5. The molecule has 0 radical (unpaired) electrons. The number of allylic oxidation sites excluding steroid dienone is 4. The van der Waals surface area contributed by atoms with E-state index in [2.05, 4.69) is 0 Å². The molecule has 6 heteroatoms. The molecule has 0 aromatic heterocycles. The fourth-order valence-corrected chi connectivity index (χ4v) is 0.711. The summed E-state index contributed by atoms with van der Waals surface area (Å²) in [6.07, 6.45) is 0. The van der Waals surface area contributed by atoms with Gasteiger partial charge in [-0.15, -0.1) is 0 Å². The maximum absolute atomic E-state index is 12.3. The Morgan fingerprint density at radius 1 is 1.08 bits per heavy atom. The van der Waals surface area contributed by atoms with Gasteiger partial charge in [0.1, 0.15) is 11.6 Å². The van der Waals surface area contributed by atoms with Crippen molar-refractivity contribution in [3.05, 3.63) is 23.1 Å². The van der Waals surface area contributed by atoms with Gasteiger partial charge in [0.2, 0.25) is 5.83 Å². The quantitative estimate of drug-likeness (QED) is 0.526. The van der Waals surface area contributed by atoms with Gasteiger partial charge >= 0.3 is 5.92 Å². The molecule has 0 heterocycles. The summed E-state index contributed by atoms with van der Waals surface area (Å²) in [5.74, 6) is -11.4. The van der Waals surface area contributed by atoms with Crippen LogP contribution < -0.4 is 0 Å². The Balaban J connectivity index is 3.36. The van der Waals surface area contributed by atoms with E-state index in [1.165, 1.54) is 0 Å². The number of hydrogen-bond donors (Lipinski definition) is 0. The average Bonchev–Trinajstić information content (AvgIpc) is 2.13. The van der Waals surface area contributed by atoms with Gasteiger partial charge in [-0.3, -0.25) is 0 Å². The summed E-state index contributed by atoms with van der Waals surface area (Å²) < 4.78 is 61.0. The second kappa shape index (κ2) is 2.30. The highest BCUT2D eigenvalue weighted by atomic mass is 19.3.